The van der Waals surface area contributed by atoms with E-state index in [1.807, 2.05) is 6.07 Å². The van der Waals surface area contributed by atoms with Crippen LogP contribution in [0.1, 0.15) is 10.4 Å². The number of fused-ring (bicyclic) bond motifs is 1. The van der Waals surface area contributed by atoms with Gasteiger partial charge in [0.2, 0.25) is 0 Å². The summed E-state index contributed by atoms with van der Waals surface area (Å²) in [5, 5.41) is 9.00. The van der Waals surface area contributed by atoms with E-state index >= 15 is 0 Å². The number of methoxy groups -OCH3 is 1. The number of nitrogens with one attached hydrogen (secondary N) is 2. The van der Waals surface area contributed by atoms with E-state index in [2.05, 4.69) is 25.6 Å². The number of urea groups is 1. The second-order valence-electron chi connectivity index (χ2n) is 5.75. The zero-order valence-electron chi connectivity index (χ0n) is 15.4. The molecule has 12 heteroatoms. The van der Waals surface area contributed by atoms with Crippen molar-refractivity contribution in [1.82, 2.24) is 15.0 Å². The van der Waals surface area contributed by atoms with Crippen LogP contribution in [0.3, 0.4) is 0 Å². The van der Waals surface area contributed by atoms with Gasteiger partial charge >= 0.3 is 6.03 Å². The highest BCUT2D eigenvalue weighted by molar-refractivity contribution is 8.01. The Labute approximate surface area is 182 Å². The Hall–Kier alpha value is -3.22. The molecule has 30 heavy (non-hydrogen) atoms. The van der Waals surface area contributed by atoms with Crippen LogP contribution in [-0.4, -0.2) is 34.0 Å². The van der Waals surface area contributed by atoms with Gasteiger partial charge < -0.3 is 10.5 Å². The summed E-state index contributed by atoms with van der Waals surface area (Å²) in [6.07, 6.45) is 4.86. The number of carbonyl (C=O) groups is 2. The fraction of sp³-hybridized carbons (Fsp3) is 0.0556. The summed E-state index contributed by atoms with van der Waals surface area (Å²) in [7, 11) is 1.47. The van der Waals surface area contributed by atoms with Crippen LogP contribution in [0, 0.1) is 0 Å². The number of benzene rings is 1. The third kappa shape index (κ3) is 4.35. The molecule has 4 aromatic rings. The minimum Gasteiger partial charge on any atom is -0.496 e. The van der Waals surface area contributed by atoms with Crippen molar-refractivity contribution in [3.8, 4) is 5.75 Å². The van der Waals surface area contributed by atoms with Crippen molar-refractivity contribution in [1.29, 1.82) is 0 Å². The Morgan fingerprint density at radius 1 is 1.17 bits per heavy atom. The Balaban J connectivity index is 1.55. The van der Waals surface area contributed by atoms with Gasteiger partial charge in [-0.1, -0.05) is 23.1 Å². The lowest BCUT2D eigenvalue weighted by Crippen LogP contribution is -2.18. The monoisotopic (exact) mass is 458 g/mol. The van der Waals surface area contributed by atoms with E-state index in [-0.39, 0.29) is 5.56 Å². The highest BCUT2D eigenvalue weighted by atomic mass is 32.2. The number of pyridine rings is 1. The van der Waals surface area contributed by atoms with Gasteiger partial charge in [-0.2, -0.15) is 0 Å². The predicted molar refractivity (Wildman–Crippen MR) is 118 cm³/mol. The third-order valence-corrected chi connectivity index (χ3v) is 6.61. The number of thiazole rings is 2. The van der Waals surface area contributed by atoms with Gasteiger partial charge in [0.1, 0.15) is 10.8 Å². The van der Waals surface area contributed by atoms with Gasteiger partial charge in [-0.15, -0.1) is 11.3 Å². The number of rotatable bonds is 6. The molecule has 0 fully saturated rings. The van der Waals surface area contributed by atoms with Crippen LogP contribution in [0.2, 0.25) is 0 Å². The summed E-state index contributed by atoms with van der Waals surface area (Å²) in [5.41, 5.74) is 6.42. The second-order valence-corrected chi connectivity index (χ2v) is 8.97. The first-order chi connectivity index (χ1) is 14.5. The van der Waals surface area contributed by atoms with Crippen molar-refractivity contribution in [2.45, 2.75) is 9.24 Å². The van der Waals surface area contributed by atoms with Crippen LogP contribution in [0.15, 0.2) is 51.4 Å². The fourth-order valence-corrected chi connectivity index (χ4v) is 5.05. The lowest BCUT2D eigenvalue weighted by atomic mass is 10.1. The minimum absolute atomic E-state index is 0.278. The lowest BCUT2D eigenvalue weighted by molar-refractivity contribution is 0.0997. The number of carbonyl (C=O) groups excluding carboxylic acids is 2. The number of primary amides is 1. The summed E-state index contributed by atoms with van der Waals surface area (Å²) in [6.45, 7) is 0. The minimum atomic E-state index is -0.583. The number of hydrogen-bond donors (Lipinski definition) is 3. The first-order valence-corrected chi connectivity index (χ1v) is 10.9. The molecule has 1 aromatic carbocycles. The molecule has 3 amide bonds. The van der Waals surface area contributed by atoms with Crippen LogP contribution < -0.4 is 21.1 Å². The molecular weight excluding hydrogens is 444 g/mol. The smallest absolute Gasteiger partial charge is 0.326 e. The molecule has 0 atom stereocenters. The summed E-state index contributed by atoms with van der Waals surface area (Å²) in [5.74, 6) is -0.211. The lowest BCUT2D eigenvalue weighted by Gasteiger charge is -2.09. The summed E-state index contributed by atoms with van der Waals surface area (Å²) >= 11 is 4.05. The number of anilines is 2. The van der Waals surface area contributed by atoms with Crippen LogP contribution in [-0.2, 0) is 0 Å². The van der Waals surface area contributed by atoms with E-state index in [4.69, 9.17) is 10.5 Å². The normalized spacial score (nSPS) is 10.7. The molecule has 0 saturated carbocycles. The topological polar surface area (TPSA) is 132 Å². The molecule has 0 saturated heterocycles. The standard InChI is InChI=1S/C18H14N6O3S3/c1-27-12-7-11-9(6-10(12)15(19)25)13(2-3-20-11)29-18-22-8-14(30-18)23-16(26)24-17-21-4-5-28-17/h2-8H,1H3,(H2,19,25)(H2,21,23,24,26). The average Bonchev–Trinajstić information content (AvgIpc) is 3.39. The van der Waals surface area contributed by atoms with Crippen molar-refractivity contribution >= 4 is 67.4 Å². The van der Waals surface area contributed by atoms with Gasteiger partial charge in [-0.05, 0) is 12.1 Å². The Morgan fingerprint density at radius 3 is 2.77 bits per heavy atom. The molecule has 0 spiro atoms. The molecule has 3 aromatic heterocycles. The highest BCUT2D eigenvalue weighted by Crippen LogP contribution is 2.38. The quantitative estimate of drug-likeness (QED) is 0.397. The number of nitrogens with two attached hydrogens (primary N) is 1. The average molecular weight is 459 g/mol. The van der Waals surface area contributed by atoms with Gasteiger partial charge in [-0.25, -0.2) is 14.8 Å². The Morgan fingerprint density at radius 2 is 2.03 bits per heavy atom. The summed E-state index contributed by atoms with van der Waals surface area (Å²) in [4.78, 5) is 37.3. The van der Waals surface area contributed by atoms with Gasteiger partial charge in [-0.3, -0.25) is 20.4 Å². The molecule has 0 radical (unpaired) electrons. The molecule has 4 N–H and O–H groups in total. The van der Waals surface area contributed by atoms with E-state index in [0.29, 0.717) is 25.7 Å². The first-order valence-electron chi connectivity index (χ1n) is 8.41. The predicted octanol–water partition coefficient (Wildman–Crippen LogP) is 4.05. The maximum Gasteiger partial charge on any atom is 0.326 e. The number of amides is 3. The first kappa shape index (κ1) is 20.1. The van der Waals surface area contributed by atoms with E-state index < -0.39 is 11.9 Å². The summed E-state index contributed by atoms with van der Waals surface area (Å²) < 4.78 is 5.95. The maximum atomic E-state index is 12.0. The molecule has 0 aliphatic heterocycles. The Bertz CT molecular complexity index is 1230. The molecule has 0 aliphatic carbocycles. The van der Waals surface area contributed by atoms with E-state index in [9.17, 15) is 9.59 Å². The van der Waals surface area contributed by atoms with Crippen molar-refractivity contribution in [3.63, 3.8) is 0 Å². The molecule has 0 aliphatic rings. The molecule has 0 unspecified atom stereocenters. The third-order valence-electron chi connectivity index (χ3n) is 3.86. The largest absolute Gasteiger partial charge is 0.496 e. The van der Waals surface area contributed by atoms with Crippen LogP contribution in [0.4, 0.5) is 14.9 Å². The Kier molecular flexibility index (Phi) is 5.79. The van der Waals surface area contributed by atoms with Crippen molar-refractivity contribution in [2.24, 2.45) is 5.73 Å². The maximum absolute atomic E-state index is 12.0. The van der Waals surface area contributed by atoms with Crippen LogP contribution in [0.5, 0.6) is 5.75 Å². The van der Waals surface area contributed by atoms with Crippen molar-refractivity contribution < 1.29 is 14.3 Å². The van der Waals surface area contributed by atoms with Crippen molar-refractivity contribution in [2.75, 3.05) is 17.7 Å². The van der Waals surface area contributed by atoms with Gasteiger partial charge in [0.15, 0.2) is 9.47 Å². The summed E-state index contributed by atoms with van der Waals surface area (Å²) in [6, 6.07) is 4.78. The van der Waals surface area contributed by atoms with Crippen LogP contribution in [0.25, 0.3) is 10.9 Å². The zero-order valence-corrected chi connectivity index (χ0v) is 17.9. The molecule has 4 rings (SSSR count). The van der Waals surface area contributed by atoms with Crippen molar-refractivity contribution in [3.05, 3.63) is 47.7 Å². The molecule has 3 heterocycles. The molecule has 9 nitrogen and oxygen atoms in total. The molecular formula is C18H14N6O3S3. The SMILES string of the molecule is COc1cc2nccc(Sc3ncc(NC(=O)Nc4nccs4)s3)c2cc1C(N)=O. The molecule has 152 valence electrons. The van der Waals surface area contributed by atoms with E-state index in [0.717, 1.165) is 10.3 Å². The number of ether oxygens (including phenoxy) is 1. The van der Waals surface area contributed by atoms with E-state index in [1.54, 1.807) is 36.1 Å². The number of hydrogen-bond acceptors (Lipinski definition) is 9. The van der Waals surface area contributed by atoms with Gasteiger partial charge in [0, 0.05) is 34.1 Å². The second kappa shape index (κ2) is 8.65. The van der Waals surface area contributed by atoms with E-state index in [1.165, 1.54) is 41.5 Å². The molecule has 0 bridgehead atoms. The fourth-order valence-electron chi connectivity index (χ4n) is 2.58. The zero-order chi connectivity index (χ0) is 21.1. The van der Waals surface area contributed by atoms with Crippen LogP contribution >= 0.6 is 34.4 Å². The number of nitrogens with zero attached hydrogens (tertiary/aromatic N) is 3. The number of aromatic nitrogens is 3. The van der Waals surface area contributed by atoms with Gasteiger partial charge in [0.05, 0.1) is 24.4 Å². The van der Waals surface area contributed by atoms with Gasteiger partial charge in [0.25, 0.3) is 5.91 Å². The highest BCUT2D eigenvalue weighted by Gasteiger charge is 2.15.